The summed E-state index contributed by atoms with van der Waals surface area (Å²) >= 11 is 6.04. The van der Waals surface area contributed by atoms with E-state index in [1.807, 2.05) is 19.1 Å². The maximum absolute atomic E-state index is 6.04. The average Bonchev–Trinajstić information content (AvgIpc) is 2.81. The highest BCUT2D eigenvalue weighted by Gasteiger charge is 2.06. The van der Waals surface area contributed by atoms with E-state index < -0.39 is 0 Å². The van der Waals surface area contributed by atoms with Gasteiger partial charge in [0.05, 0.1) is 5.02 Å². The zero-order chi connectivity index (χ0) is 12.5. The van der Waals surface area contributed by atoms with E-state index in [9.17, 15) is 0 Å². The van der Waals surface area contributed by atoms with E-state index in [0.29, 0.717) is 22.3 Å². The quantitative estimate of drug-likeness (QED) is 0.708. The Kier molecular flexibility index (Phi) is 2.56. The van der Waals surface area contributed by atoms with Gasteiger partial charge < -0.3 is 4.74 Å². The standard InChI is InChI=1S/C11H8ClN5O/c1-7-2-3-8(12)9(6-7)18-11-5-4-10-13-15-16-17(10)14-11/h2-6H,1H3. The highest BCUT2D eigenvalue weighted by molar-refractivity contribution is 6.32. The summed E-state index contributed by atoms with van der Waals surface area (Å²) in [6.07, 6.45) is 0. The van der Waals surface area contributed by atoms with Crippen LogP contribution in [0.3, 0.4) is 0 Å². The highest BCUT2D eigenvalue weighted by atomic mass is 35.5. The van der Waals surface area contributed by atoms with E-state index in [4.69, 9.17) is 16.3 Å². The normalized spacial score (nSPS) is 10.8. The molecule has 2 aromatic heterocycles. The van der Waals surface area contributed by atoms with E-state index in [2.05, 4.69) is 20.6 Å². The average molecular weight is 262 g/mol. The molecule has 0 bridgehead atoms. The maximum Gasteiger partial charge on any atom is 0.239 e. The molecular formula is C11H8ClN5O. The van der Waals surface area contributed by atoms with Crippen LogP contribution in [0.15, 0.2) is 30.3 Å². The van der Waals surface area contributed by atoms with E-state index in [0.717, 1.165) is 5.56 Å². The predicted octanol–water partition coefficient (Wildman–Crippen LogP) is 2.27. The minimum Gasteiger partial charge on any atom is -0.436 e. The molecule has 0 N–H and O–H groups in total. The molecule has 1 aromatic carbocycles. The Bertz CT molecular complexity index is 711. The first-order valence-electron chi connectivity index (χ1n) is 5.22. The van der Waals surface area contributed by atoms with Crippen LogP contribution in [0, 0.1) is 6.92 Å². The summed E-state index contributed by atoms with van der Waals surface area (Å²) in [4.78, 5) is 0. The molecular weight excluding hydrogens is 254 g/mol. The molecule has 0 spiro atoms. The van der Waals surface area contributed by atoms with Gasteiger partial charge in [0.1, 0.15) is 5.75 Å². The van der Waals surface area contributed by atoms with Gasteiger partial charge in [-0.3, -0.25) is 0 Å². The fourth-order valence-corrected chi connectivity index (χ4v) is 1.65. The summed E-state index contributed by atoms with van der Waals surface area (Å²) in [7, 11) is 0. The lowest BCUT2D eigenvalue weighted by Gasteiger charge is -2.06. The van der Waals surface area contributed by atoms with Crippen molar-refractivity contribution in [2.24, 2.45) is 0 Å². The second kappa shape index (κ2) is 4.23. The second-order valence-corrected chi connectivity index (χ2v) is 4.14. The van der Waals surface area contributed by atoms with Gasteiger partial charge in [-0.2, -0.15) is 0 Å². The van der Waals surface area contributed by atoms with Crippen molar-refractivity contribution in [3.63, 3.8) is 0 Å². The molecule has 0 fully saturated rings. The second-order valence-electron chi connectivity index (χ2n) is 3.73. The lowest BCUT2D eigenvalue weighted by atomic mass is 10.2. The van der Waals surface area contributed by atoms with Crippen LogP contribution in [0.5, 0.6) is 11.6 Å². The van der Waals surface area contributed by atoms with Crippen molar-refractivity contribution in [2.75, 3.05) is 0 Å². The summed E-state index contributed by atoms with van der Waals surface area (Å²) in [6.45, 7) is 1.96. The van der Waals surface area contributed by atoms with Crippen LogP contribution in [-0.4, -0.2) is 25.3 Å². The molecule has 0 aliphatic rings. The van der Waals surface area contributed by atoms with E-state index in [1.165, 1.54) is 4.63 Å². The Balaban J connectivity index is 1.97. The number of hydrogen-bond acceptors (Lipinski definition) is 5. The van der Waals surface area contributed by atoms with Crippen molar-refractivity contribution in [1.82, 2.24) is 25.3 Å². The Labute approximate surface area is 107 Å². The molecule has 7 heteroatoms. The number of benzene rings is 1. The molecule has 6 nitrogen and oxygen atoms in total. The van der Waals surface area contributed by atoms with Crippen LogP contribution in [0.25, 0.3) is 5.65 Å². The van der Waals surface area contributed by atoms with Crippen molar-refractivity contribution in [1.29, 1.82) is 0 Å². The van der Waals surface area contributed by atoms with Crippen molar-refractivity contribution < 1.29 is 4.74 Å². The van der Waals surface area contributed by atoms with Crippen LogP contribution >= 0.6 is 11.6 Å². The number of rotatable bonds is 2. The summed E-state index contributed by atoms with van der Waals surface area (Å²) in [5, 5.41) is 15.6. The Morgan fingerprint density at radius 2 is 2.11 bits per heavy atom. The molecule has 0 aliphatic heterocycles. The number of fused-ring (bicyclic) bond motifs is 1. The van der Waals surface area contributed by atoms with Crippen LogP contribution in [-0.2, 0) is 0 Å². The number of hydrogen-bond donors (Lipinski definition) is 0. The Morgan fingerprint density at radius 3 is 3.00 bits per heavy atom. The van der Waals surface area contributed by atoms with Crippen LogP contribution in [0.2, 0.25) is 5.02 Å². The first-order valence-corrected chi connectivity index (χ1v) is 5.59. The molecule has 0 radical (unpaired) electrons. The van der Waals surface area contributed by atoms with Gasteiger partial charge in [-0.25, -0.2) is 0 Å². The molecule has 0 aliphatic carbocycles. The molecule has 0 saturated carbocycles. The Hall–Kier alpha value is -2.21. The molecule has 18 heavy (non-hydrogen) atoms. The lowest BCUT2D eigenvalue weighted by Crippen LogP contribution is -1.97. The van der Waals surface area contributed by atoms with Crippen molar-refractivity contribution in [2.45, 2.75) is 6.92 Å². The summed E-state index contributed by atoms with van der Waals surface area (Å²) in [6, 6.07) is 8.93. The van der Waals surface area contributed by atoms with Crippen molar-refractivity contribution >= 4 is 17.2 Å². The molecule has 3 rings (SSSR count). The predicted molar refractivity (Wildman–Crippen MR) is 64.8 cm³/mol. The largest absolute Gasteiger partial charge is 0.436 e. The molecule has 0 saturated heterocycles. The molecule has 90 valence electrons. The molecule has 0 amide bonds. The maximum atomic E-state index is 6.04. The molecule has 0 unspecified atom stereocenters. The van der Waals surface area contributed by atoms with Gasteiger partial charge in [-0.05, 0) is 41.1 Å². The molecule has 2 heterocycles. The van der Waals surface area contributed by atoms with Gasteiger partial charge in [-0.1, -0.05) is 17.7 Å². The zero-order valence-corrected chi connectivity index (χ0v) is 10.2. The third-order valence-electron chi connectivity index (χ3n) is 2.35. The first-order chi connectivity index (χ1) is 8.72. The van der Waals surface area contributed by atoms with Crippen molar-refractivity contribution in [3.8, 4) is 11.6 Å². The minimum absolute atomic E-state index is 0.377. The fourth-order valence-electron chi connectivity index (χ4n) is 1.49. The van der Waals surface area contributed by atoms with Gasteiger partial charge in [0, 0.05) is 6.07 Å². The van der Waals surface area contributed by atoms with Gasteiger partial charge in [0.15, 0.2) is 5.65 Å². The third kappa shape index (κ3) is 1.98. The minimum atomic E-state index is 0.377. The summed E-state index contributed by atoms with van der Waals surface area (Å²) in [5.74, 6) is 0.930. The number of halogens is 1. The fraction of sp³-hybridized carbons (Fsp3) is 0.0909. The van der Waals surface area contributed by atoms with Gasteiger partial charge in [0.2, 0.25) is 5.88 Å². The molecule has 0 atom stereocenters. The number of aryl methyl sites for hydroxylation is 1. The van der Waals surface area contributed by atoms with Gasteiger partial charge in [0.25, 0.3) is 0 Å². The van der Waals surface area contributed by atoms with Gasteiger partial charge >= 0.3 is 0 Å². The highest BCUT2D eigenvalue weighted by Crippen LogP contribution is 2.29. The Morgan fingerprint density at radius 1 is 1.22 bits per heavy atom. The number of aromatic nitrogens is 5. The number of ether oxygens (including phenoxy) is 1. The van der Waals surface area contributed by atoms with Crippen LogP contribution in [0.4, 0.5) is 0 Å². The SMILES string of the molecule is Cc1ccc(Cl)c(Oc2ccc3nnnn3n2)c1. The molecule has 3 aromatic rings. The summed E-state index contributed by atoms with van der Waals surface area (Å²) < 4.78 is 6.90. The van der Waals surface area contributed by atoms with Crippen molar-refractivity contribution in [3.05, 3.63) is 40.9 Å². The smallest absolute Gasteiger partial charge is 0.239 e. The third-order valence-corrected chi connectivity index (χ3v) is 2.66. The zero-order valence-electron chi connectivity index (χ0n) is 9.41. The lowest BCUT2D eigenvalue weighted by molar-refractivity contribution is 0.447. The van der Waals surface area contributed by atoms with E-state index in [-0.39, 0.29) is 0 Å². The number of nitrogens with zero attached hydrogens (tertiary/aromatic N) is 5. The topological polar surface area (TPSA) is 65.2 Å². The number of tetrazole rings is 1. The van der Waals surface area contributed by atoms with Gasteiger partial charge in [-0.15, -0.1) is 14.8 Å². The summed E-state index contributed by atoms with van der Waals surface area (Å²) in [5.41, 5.74) is 1.61. The van der Waals surface area contributed by atoms with E-state index in [1.54, 1.807) is 18.2 Å². The van der Waals surface area contributed by atoms with E-state index >= 15 is 0 Å². The first kappa shape index (κ1) is 10.9. The monoisotopic (exact) mass is 261 g/mol. The van der Waals surface area contributed by atoms with Crippen LogP contribution < -0.4 is 4.74 Å². The van der Waals surface area contributed by atoms with Crippen LogP contribution in [0.1, 0.15) is 5.56 Å².